The maximum atomic E-state index is 5.73. The first-order valence-electron chi connectivity index (χ1n) is 5.13. The molecule has 12 heavy (non-hydrogen) atoms. The Hall–Kier alpha value is 0.440. The molecule has 1 saturated carbocycles. The molecule has 1 aliphatic carbocycles. The lowest BCUT2D eigenvalue weighted by molar-refractivity contribution is 0.0514. The molecule has 0 spiro atoms. The standard InChI is InChI=1S/C10H17BrO/c11-9-5-2-1-4-8(9)10-6-3-7-12-10/h8-10H,1-7H2. The number of alkyl halides is 1. The normalized spacial score (nSPS) is 43.2. The average molecular weight is 233 g/mol. The van der Waals surface area contributed by atoms with Gasteiger partial charge in [-0.1, -0.05) is 28.8 Å². The van der Waals surface area contributed by atoms with Gasteiger partial charge in [0.05, 0.1) is 6.10 Å². The molecular weight excluding hydrogens is 216 g/mol. The van der Waals surface area contributed by atoms with Gasteiger partial charge in [-0.15, -0.1) is 0 Å². The Balaban J connectivity index is 1.91. The van der Waals surface area contributed by atoms with Gasteiger partial charge in [0.2, 0.25) is 0 Å². The summed E-state index contributed by atoms with van der Waals surface area (Å²) >= 11 is 3.78. The second-order valence-corrected chi connectivity index (χ2v) is 5.19. The third kappa shape index (κ3) is 1.85. The van der Waals surface area contributed by atoms with Crippen LogP contribution in [0.2, 0.25) is 0 Å². The van der Waals surface area contributed by atoms with E-state index in [2.05, 4.69) is 15.9 Å². The van der Waals surface area contributed by atoms with Crippen molar-refractivity contribution in [1.29, 1.82) is 0 Å². The predicted octanol–water partition coefficient (Wildman–Crippen LogP) is 3.12. The molecule has 2 heteroatoms. The summed E-state index contributed by atoms with van der Waals surface area (Å²) < 4.78 is 5.73. The summed E-state index contributed by atoms with van der Waals surface area (Å²) in [5.74, 6) is 0.807. The van der Waals surface area contributed by atoms with Crippen LogP contribution in [0.1, 0.15) is 38.5 Å². The van der Waals surface area contributed by atoms with Gasteiger partial charge < -0.3 is 4.74 Å². The van der Waals surface area contributed by atoms with Crippen molar-refractivity contribution in [3.05, 3.63) is 0 Å². The average Bonchev–Trinajstić information content (AvgIpc) is 2.57. The van der Waals surface area contributed by atoms with Crippen LogP contribution >= 0.6 is 15.9 Å². The first kappa shape index (κ1) is 9.01. The zero-order chi connectivity index (χ0) is 8.39. The number of halogens is 1. The summed E-state index contributed by atoms with van der Waals surface area (Å²) in [5.41, 5.74) is 0. The van der Waals surface area contributed by atoms with Crippen molar-refractivity contribution in [1.82, 2.24) is 0 Å². The molecule has 70 valence electrons. The van der Waals surface area contributed by atoms with E-state index in [-0.39, 0.29) is 0 Å². The first-order valence-corrected chi connectivity index (χ1v) is 6.05. The van der Waals surface area contributed by atoms with E-state index in [4.69, 9.17) is 4.74 Å². The van der Waals surface area contributed by atoms with E-state index in [0.717, 1.165) is 17.4 Å². The Morgan fingerprint density at radius 2 is 1.83 bits per heavy atom. The summed E-state index contributed by atoms with van der Waals surface area (Å²) in [7, 11) is 0. The summed E-state index contributed by atoms with van der Waals surface area (Å²) in [4.78, 5) is 0.731. The zero-order valence-electron chi connectivity index (χ0n) is 7.47. The molecule has 3 atom stereocenters. The van der Waals surface area contributed by atoms with Gasteiger partial charge in [0.25, 0.3) is 0 Å². The zero-order valence-corrected chi connectivity index (χ0v) is 9.05. The van der Waals surface area contributed by atoms with Crippen molar-refractivity contribution < 1.29 is 4.74 Å². The predicted molar refractivity (Wildman–Crippen MR) is 53.6 cm³/mol. The lowest BCUT2D eigenvalue weighted by Crippen LogP contribution is -2.30. The second kappa shape index (κ2) is 4.10. The van der Waals surface area contributed by atoms with Gasteiger partial charge in [0.1, 0.15) is 0 Å². The highest BCUT2D eigenvalue weighted by Crippen LogP contribution is 2.36. The monoisotopic (exact) mass is 232 g/mol. The lowest BCUT2D eigenvalue weighted by Gasteiger charge is -2.31. The highest BCUT2D eigenvalue weighted by molar-refractivity contribution is 9.09. The van der Waals surface area contributed by atoms with Crippen LogP contribution < -0.4 is 0 Å². The van der Waals surface area contributed by atoms with Gasteiger partial charge in [-0.2, -0.15) is 0 Å². The minimum atomic E-state index is 0.578. The molecule has 0 aromatic heterocycles. The molecule has 3 unspecified atom stereocenters. The number of hydrogen-bond acceptors (Lipinski definition) is 1. The smallest absolute Gasteiger partial charge is 0.0614 e. The van der Waals surface area contributed by atoms with Crippen molar-refractivity contribution in [2.75, 3.05) is 6.61 Å². The topological polar surface area (TPSA) is 9.23 Å². The van der Waals surface area contributed by atoms with E-state index < -0.39 is 0 Å². The molecule has 2 aliphatic rings. The molecule has 1 nitrogen and oxygen atoms in total. The number of ether oxygens (including phenoxy) is 1. The van der Waals surface area contributed by atoms with Crippen LogP contribution in [0.15, 0.2) is 0 Å². The highest BCUT2D eigenvalue weighted by Gasteiger charge is 2.32. The molecular formula is C10H17BrO. The fourth-order valence-electron chi connectivity index (χ4n) is 2.47. The van der Waals surface area contributed by atoms with E-state index in [0.29, 0.717) is 6.10 Å². The Bertz CT molecular complexity index is 143. The van der Waals surface area contributed by atoms with E-state index in [1.165, 1.54) is 38.5 Å². The van der Waals surface area contributed by atoms with Gasteiger partial charge in [0.15, 0.2) is 0 Å². The maximum absolute atomic E-state index is 5.73. The van der Waals surface area contributed by atoms with Crippen LogP contribution in [0.4, 0.5) is 0 Å². The van der Waals surface area contributed by atoms with Crippen molar-refractivity contribution in [3.8, 4) is 0 Å². The quantitative estimate of drug-likeness (QED) is 0.632. The Labute approximate surface area is 83.0 Å². The van der Waals surface area contributed by atoms with Gasteiger partial charge >= 0.3 is 0 Å². The van der Waals surface area contributed by atoms with E-state index in [1.807, 2.05) is 0 Å². The first-order chi connectivity index (χ1) is 5.88. The van der Waals surface area contributed by atoms with Crippen LogP contribution in [0.3, 0.4) is 0 Å². The van der Waals surface area contributed by atoms with Crippen LogP contribution in [-0.2, 0) is 4.74 Å². The van der Waals surface area contributed by atoms with Gasteiger partial charge in [-0.25, -0.2) is 0 Å². The molecule has 0 aromatic rings. The van der Waals surface area contributed by atoms with Crippen molar-refractivity contribution in [3.63, 3.8) is 0 Å². The Morgan fingerprint density at radius 1 is 1.00 bits per heavy atom. The Kier molecular flexibility index (Phi) is 3.08. The molecule has 0 amide bonds. The summed E-state index contributed by atoms with van der Waals surface area (Å²) in [6.07, 6.45) is 8.69. The van der Waals surface area contributed by atoms with Crippen LogP contribution in [0, 0.1) is 5.92 Å². The number of rotatable bonds is 1. The molecule has 0 aromatic carbocycles. The van der Waals surface area contributed by atoms with Crippen LogP contribution in [0.25, 0.3) is 0 Å². The van der Waals surface area contributed by atoms with Gasteiger partial charge in [0, 0.05) is 11.4 Å². The Morgan fingerprint density at radius 3 is 2.50 bits per heavy atom. The minimum Gasteiger partial charge on any atom is -0.378 e. The van der Waals surface area contributed by atoms with Crippen LogP contribution in [0.5, 0.6) is 0 Å². The van der Waals surface area contributed by atoms with Crippen LogP contribution in [-0.4, -0.2) is 17.5 Å². The summed E-state index contributed by atoms with van der Waals surface area (Å²) in [6.45, 7) is 1.00. The third-order valence-corrected chi connectivity index (χ3v) is 4.31. The highest BCUT2D eigenvalue weighted by atomic mass is 79.9. The minimum absolute atomic E-state index is 0.578. The fraction of sp³-hybridized carbons (Fsp3) is 1.00. The molecule has 0 radical (unpaired) electrons. The molecule has 1 saturated heterocycles. The molecule has 1 aliphatic heterocycles. The molecule has 2 fully saturated rings. The maximum Gasteiger partial charge on any atom is 0.0614 e. The summed E-state index contributed by atoms with van der Waals surface area (Å²) in [5, 5.41) is 0. The van der Waals surface area contributed by atoms with Crippen molar-refractivity contribution in [2.24, 2.45) is 5.92 Å². The molecule has 2 rings (SSSR count). The van der Waals surface area contributed by atoms with Gasteiger partial charge in [-0.05, 0) is 31.6 Å². The van der Waals surface area contributed by atoms with E-state index >= 15 is 0 Å². The molecule has 0 N–H and O–H groups in total. The second-order valence-electron chi connectivity index (χ2n) is 4.02. The van der Waals surface area contributed by atoms with Crippen molar-refractivity contribution in [2.45, 2.75) is 49.5 Å². The number of hydrogen-bond donors (Lipinski definition) is 0. The fourth-order valence-corrected chi connectivity index (χ4v) is 3.40. The SMILES string of the molecule is BrC1CCCCC1C1CCCO1. The molecule has 0 bridgehead atoms. The van der Waals surface area contributed by atoms with Crippen molar-refractivity contribution >= 4 is 15.9 Å². The third-order valence-electron chi connectivity index (χ3n) is 3.17. The lowest BCUT2D eigenvalue weighted by atomic mass is 9.84. The van der Waals surface area contributed by atoms with E-state index in [9.17, 15) is 0 Å². The summed E-state index contributed by atoms with van der Waals surface area (Å²) in [6, 6.07) is 0. The molecule has 1 heterocycles. The largest absolute Gasteiger partial charge is 0.378 e. The van der Waals surface area contributed by atoms with Gasteiger partial charge in [-0.3, -0.25) is 0 Å². The van der Waals surface area contributed by atoms with E-state index in [1.54, 1.807) is 0 Å².